The minimum absolute atomic E-state index is 0.116. The molecule has 1 N–H and O–H groups in total. The molecule has 0 aliphatic heterocycles. The molecule has 0 radical (unpaired) electrons. The molecule has 1 aromatic heterocycles. The van der Waals surface area contributed by atoms with Crippen LogP contribution in [0.5, 0.6) is 0 Å². The van der Waals surface area contributed by atoms with Crippen LogP contribution in [0.25, 0.3) is 0 Å². The normalized spacial score (nSPS) is 10.4. The number of carbonyl (C=O) groups excluding carboxylic acids is 1. The molecule has 1 amide bonds. The first kappa shape index (κ1) is 14.3. The fraction of sp³-hybridized carbons (Fsp3) is 0.375. The monoisotopic (exact) mass is 271 g/mol. The molecule has 1 aromatic carbocycles. The number of amides is 1. The van der Waals surface area contributed by atoms with Gasteiger partial charge in [0.2, 0.25) is 5.91 Å². The Kier molecular flexibility index (Phi) is 5.35. The lowest BCUT2D eigenvalue weighted by Crippen LogP contribution is -2.25. The molecule has 0 atom stereocenters. The molecule has 2 rings (SSSR count). The Morgan fingerprint density at radius 2 is 2.05 bits per heavy atom. The summed E-state index contributed by atoms with van der Waals surface area (Å²) in [7, 11) is 0. The summed E-state index contributed by atoms with van der Waals surface area (Å²) in [5.41, 5.74) is 2.23. The molecule has 2 aromatic rings. The van der Waals surface area contributed by atoms with Crippen LogP contribution in [0.3, 0.4) is 0 Å². The van der Waals surface area contributed by atoms with Crippen molar-refractivity contribution in [1.29, 1.82) is 0 Å². The Morgan fingerprint density at radius 1 is 1.25 bits per heavy atom. The lowest BCUT2D eigenvalue weighted by molar-refractivity contribution is -0.121. The Balaban J connectivity index is 1.58. The number of rotatable bonds is 7. The number of nitrogens with zero attached hydrogens (tertiary/aromatic N) is 2. The number of aryl methyl sites for hydroxylation is 3. The van der Waals surface area contributed by atoms with Crippen LogP contribution in [0, 0.1) is 6.92 Å². The van der Waals surface area contributed by atoms with Crippen LogP contribution >= 0.6 is 0 Å². The summed E-state index contributed by atoms with van der Waals surface area (Å²) in [6, 6.07) is 12.1. The molecular weight excluding hydrogens is 250 g/mol. The van der Waals surface area contributed by atoms with Crippen molar-refractivity contribution < 1.29 is 4.79 Å². The average Bonchev–Trinajstić information content (AvgIpc) is 2.88. The van der Waals surface area contributed by atoms with Gasteiger partial charge < -0.3 is 5.32 Å². The number of hydrogen-bond donors (Lipinski definition) is 1. The Morgan fingerprint density at radius 3 is 2.75 bits per heavy atom. The molecule has 0 unspecified atom stereocenters. The van der Waals surface area contributed by atoms with Crippen molar-refractivity contribution in [2.24, 2.45) is 0 Å². The average molecular weight is 271 g/mol. The maximum Gasteiger partial charge on any atom is 0.220 e. The summed E-state index contributed by atoms with van der Waals surface area (Å²) < 4.78 is 1.91. The van der Waals surface area contributed by atoms with E-state index in [1.807, 2.05) is 54.2 Å². The second kappa shape index (κ2) is 7.48. The standard InChI is InChI=1S/C16H21N3O/c1-14-10-13-19(18-14)12-5-11-17-16(20)9-8-15-6-3-2-4-7-15/h2-4,6-7,10,13H,5,8-9,11-12H2,1H3,(H,17,20). The topological polar surface area (TPSA) is 46.9 Å². The second-order valence-electron chi connectivity index (χ2n) is 4.91. The van der Waals surface area contributed by atoms with Crippen LogP contribution in [-0.4, -0.2) is 22.2 Å². The van der Waals surface area contributed by atoms with Gasteiger partial charge in [-0.25, -0.2) is 0 Å². The lowest BCUT2D eigenvalue weighted by Gasteiger charge is -2.05. The Hall–Kier alpha value is -2.10. The molecule has 106 valence electrons. The summed E-state index contributed by atoms with van der Waals surface area (Å²) in [5.74, 6) is 0.116. The van der Waals surface area contributed by atoms with Crippen molar-refractivity contribution in [3.63, 3.8) is 0 Å². The molecule has 0 fully saturated rings. The highest BCUT2D eigenvalue weighted by Crippen LogP contribution is 2.02. The van der Waals surface area contributed by atoms with Gasteiger partial charge in [0.25, 0.3) is 0 Å². The fourth-order valence-corrected chi connectivity index (χ4v) is 2.05. The zero-order valence-corrected chi connectivity index (χ0v) is 11.9. The minimum atomic E-state index is 0.116. The van der Waals surface area contributed by atoms with Gasteiger partial charge in [0.1, 0.15) is 0 Å². The van der Waals surface area contributed by atoms with Crippen molar-refractivity contribution in [3.05, 3.63) is 53.9 Å². The molecule has 0 aliphatic carbocycles. The number of benzene rings is 1. The zero-order valence-electron chi connectivity index (χ0n) is 11.9. The van der Waals surface area contributed by atoms with Crippen LogP contribution in [-0.2, 0) is 17.8 Å². The number of carbonyl (C=O) groups is 1. The van der Waals surface area contributed by atoms with E-state index in [2.05, 4.69) is 10.4 Å². The van der Waals surface area contributed by atoms with E-state index in [-0.39, 0.29) is 5.91 Å². The Bertz CT molecular complexity index is 534. The molecule has 0 bridgehead atoms. The van der Waals surface area contributed by atoms with Crippen molar-refractivity contribution in [1.82, 2.24) is 15.1 Å². The summed E-state index contributed by atoms with van der Waals surface area (Å²) in [6.07, 6.45) is 4.21. The second-order valence-corrected chi connectivity index (χ2v) is 4.91. The molecular formula is C16H21N3O. The molecule has 1 heterocycles. The highest BCUT2D eigenvalue weighted by molar-refractivity contribution is 5.76. The van der Waals surface area contributed by atoms with Gasteiger partial charge in [-0.2, -0.15) is 5.10 Å². The van der Waals surface area contributed by atoms with Crippen LogP contribution < -0.4 is 5.32 Å². The van der Waals surface area contributed by atoms with Crippen molar-refractivity contribution in [2.75, 3.05) is 6.54 Å². The summed E-state index contributed by atoms with van der Waals surface area (Å²) in [4.78, 5) is 11.7. The van der Waals surface area contributed by atoms with Crippen molar-refractivity contribution in [2.45, 2.75) is 32.7 Å². The Labute approximate surface area is 119 Å². The number of hydrogen-bond acceptors (Lipinski definition) is 2. The van der Waals surface area contributed by atoms with Gasteiger partial charge in [-0.15, -0.1) is 0 Å². The highest BCUT2D eigenvalue weighted by atomic mass is 16.1. The van der Waals surface area contributed by atoms with Crippen molar-refractivity contribution >= 4 is 5.91 Å². The predicted octanol–water partition coefficient (Wildman–Crippen LogP) is 2.33. The summed E-state index contributed by atoms with van der Waals surface area (Å²) in [5, 5.41) is 7.26. The van der Waals surface area contributed by atoms with Crippen LogP contribution in [0.15, 0.2) is 42.6 Å². The third-order valence-corrected chi connectivity index (χ3v) is 3.14. The van der Waals surface area contributed by atoms with E-state index < -0.39 is 0 Å². The van der Waals surface area contributed by atoms with Crippen LogP contribution in [0.2, 0.25) is 0 Å². The number of aromatic nitrogens is 2. The predicted molar refractivity (Wildman–Crippen MR) is 79.4 cm³/mol. The van der Waals surface area contributed by atoms with Gasteiger partial charge in [-0.3, -0.25) is 9.48 Å². The summed E-state index contributed by atoms with van der Waals surface area (Å²) >= 11 is 0. The van der Waals surface area contributed by atoms with Gasteiger partial charge in [0.15, 0.2) is 0 Å². The van der Waals surface area contributed by atoms with Gasteiger partial charge in [0, 0.05) is 25.7 Å². The van der Waals surface area contributed by atoms with Crippen LogP contribution in [0.4, 0.5) is 0 Å². The van der Waals surface area contributed by atoms with E-state index in [1.165, 1.54) is 5.56 Å². The van der Waals surface area contributed by atoms with Gasteiger partial charge in [-0.05, 0) is 31.4 Å². The van der Waals surface area contributed by atoms with E-state index in [0.29, 0.717) is 13.0 Å². The highest BCUT2D eigenvalue weighted by Gasteiger charge is 2.01. The van der Waals surface area contributed by atoms with Crippen molar-refractivity contribution in [3.8, 4) is 0 Å². The van der Waals surface area contributed by atoms with Crippen LogP contribution in [0.1, 0.15) is 24.1 Å². The zero-order chi connectivity index (χ0) is 14.2. The largest absolute Gasteiger partial charge is 0.356 e. The molecule has 0 saturated heterocycles. The first-order valence-electron chi connectivity index (χ1n) is 7.05. The third kappa shape index (κ3) is 4.88. The third-order valence-electron chi connectivity index (χ3n) is 3.14. The summed E-state index contributed by atoms with van der Waals surface area (Å²) in [6.45, 7) is 3.52. The molecule has 0 spiro atoms. The fourth-order valence-electron chi connectivity index (χ4n) is 2.05. The molecule has 20 heavy (non-hydrogen) atoms. The first-order valence-corrected chi connectivity index (χ1v) is 7.05. The SMILES string of the molecule is Cc1ccn(CCCNC(=O)CCc2ccccc2)n1. The molecule has 0 aliphatic rings. The quantitative estimate of drug-likeness (QED) is 0.786. The minimum Gasteiger partial charge on any atom is -0.356 e. The molecule has 0 saturated carbocycles. The van der Waals surface area contributed by atoms with E-state index in [9.17, 15) is 4.79 Å². The van der Waals surface area contributed by atoms with Gasteiger partial charge >= 0.3 is 0 Å². The lowest BCUT2D eigenvalue weighted by atomic mass is 10.1. The smallest absolute Gasteiger partial charge is 0.220 e. The maximum atomic E-state index is 11.7. The maximum absolute atomic E-state index is 11.7. The molecule has 4 heteroatoms. The number of nitrogens with one attached hydrogen (secondary N) is 1. The van der Waals surface area contributed by atoms with E-state index in [1.54, 1.807) is 0 Å². The van der Waals surface area contributed by atoms with E-state index >= 15 is 0 Å². The first-order chi connectivity index (χ1) is 9.74. The van der Waals surface area contributed by atoms with E-state index in [0.717, 1.165) is 25.1 Å². The van der Waals surface area contributed by atoms with Gasteiger partial charge in [-0.1, -0.05) is 30.3 Å². The van der Waals surface area contributed by atoms with Gasteiger partial charge in [0.05, 0.1) is 5.69 Å². The molecule has 4 nitrogen and oxygen atoms in total. The van der Waals surface area contributed by atoms with E-state index in [4.69, 9.17) is 0 Å².